The van der Waals surface area contributed by atoms with Crippen LogP contribution in [0.2, 0.25) is 0 Å². The van der Waals surface area contributed by atoms with Crippen LogP contribution in [0.1, 0.15) is 43.0 Å². The number of esters is 1. The molecular formula is C26H24F3N5O5S. The molecular weight excluding hydrogens is 551 g/mol. The molecule has 0 spiro atoms. The molecule has 2 atom stereocenters. The molecule has 0 saturated heterocycles. The third kappa shape index (κ3) is 5.24. The van der Waals surface area contributed by atoms with Gasteiger partial charge < -0.3 is 4.74 Å². The third-order valence-electron chi connectivity index (χ3n) is 6.62. The number of aryl methyl sites for hydroxylation is 1. The van der Waals surface area contributed by atoms with Crippen molar-refractivity contribution in [2.45, 2.75) is 44.3 Å². The van der Waals surface area contributed by atoms with E-state index in [4.69, 9.17) is 4.74 Å². The fraction of sp³-hybridized carbons (Fsp3) is 0.308. The fourth-order valence-electron chi connectivity index (χ4n) is 4.50. The van der Waals surface area contributed by atoms with E-state index in [2.05, 4.69) is 5.10 Å². The molecule has 1 aliphatic rings. The highest BCUT2D eigenvalue weighted by Crippen LogP contribution is 2.43. The Bertz CT molecular complexity index is 1660. The average Bonchev–Trinajstić information content (AvgIpc) is 3.25. The van der Waals surface area contributed by atoms with Crippen LogP contribution in [0, 0.1) is 11.3 Å². The summed E-state index contributed by atoms with van der Waals surface area (Å²) in [6.45, 7) is 2.87. The Morgan fingerprint density at radius 2 is 1.88 bits per heavy atom. The zero-order valence-electron chi connectivity index (χ0n) is 21.5. The van der Waals surface area contributed by atoms with Gasteiger partial charge in [0.15, 0.2) is 0 Å². The second-order valence-electron chi connectivity index (χ2n) is 9.11. The number of thiol groups is 1. The van der Waals surface area contributed by atoms with E-state index in [-0.39, 0.29) is 35.9 Å². The van der Waals surface area contributed by atoms with Gasteiger partial charge in [-0.2, -0.15) is 18.4 Å². The standard InChI is InChI=1S/C26H24F3N5O5S/c1-15(40(37)38)11-12-32-25(36)34-22(18-9-7-17(14-30)8-10-18)21(23(35)39-3)16(2)33(24(34)31-32)20-6-4-5-19(13-20)26(27,28)29/h4-10,13,15,22,40H,11-12H2,1-3H3. The molecule has 40 heavy (non-hydrogen) atoms. The zero-order chi connectivity index (χ0) is 29.4. The lowest BCUT2D eigenvalue weighted by molar-refractivity contribution is -0.138. The van der Waals surface area contributed by atoms with Gasteiger partial charge in [-0.15, -0.1) is 5.10 Å². The number of methoxy groups -OCH3 is 1. The summed E-state index contributed by atoms with van der Waals surface area (Å²) in [5, 5.41) is 12.8. The van der Waals surface area contributed by atoms with E-state index in [1.165, 1.54) is 43.0 Å². The van der Waals surface area contributed by atoms with Gasteiger partial charge in [0.1, 0.15) is 16.7 Å². The minimum atomic E-state index is -4.66. The maximum atomic E-state index is 13.7. The predicted molar refractivity (Wildman–Crippen MR) is 138 cm³/mol. The minimum absolute atomic E-state index is 0.0126. The number of benzene rings is 2. The number of carbonyl (C=O) groups excluding carboxylic acids is 1. The first kappa shape index (κ1) is 28.6. The Balaban J connectivity index is 2.01. The summed E-state index contributed by atoms with van der Waals surface area (Å²) in [7, 11) is -1.62. The predicted octanol–water partition coefficient (Wildman–Crippen LogP) is 3.51. The summed E-state index contributed by atoms with van der Waals surface area (Å²) in [5.74, 6) is -0.908. The van der Waals surface area contributed by atoms with E-state index < -0.39 is 45.4 Å². The first-order valence-electron chi connectivity index (χ1n) is 12.0. The largest absolute Gasteiger partial charge is 0.466 e. The van der Waals surface area contributed by atoms with Crippen LogP contribution < -0.4 is 10.6 Å². The number of halogens is 3. The fourth-order valence-corrected chi connectivity index (χ4v) is 4.83. The SMILES string of the molecule is COC(=O)C1=C(C)N(c2cccc(C(F)(F)F)c2)c2nn(CCC(C)[SH](=O)=O)c(=O)n2C1c1ccc(C#N)cc1. The summed E-state index contributed by atoms with van der Waals surface area (Å²) < 4.78 is 70.7. The van der Waals surface area contributed by atoms with Crippen molar-refractivity contribution in [2.24, 2.45) is 0 Å². The van der Waals surface area contributed by atoms with Crippen molar-refractivity contribution in [3.8, 4) is 6.07 Å². The Hall–Kier alpha value is -4.38. The molecule has 14 heteroatoms. The van der Waals surface area contributed by atoms with Gasteiger partial charge in [-0.25, -0.2) is 27.3 Å². The molecule has 0 saturated carbocycles. The number of fused-ring (bicyclic) bond motifs is 1. The van der Waals surface area contributed by atoms with Crippen molar-refractivity contribution < 1.29 is 31.1 Å². The van der Waals surface area contributed by atoms with E-state index >= 15 is 0 Å². The summed E-state index contributed by atoms with van der Waals surface area (Å²) in [6, 6.07) is 11.3. The number of nitriles is 1. The number of aromatic nitrogens is 3. The second-order valence-corrected chi connectivity index (χ2v) is 10.6. The van der Waals surface area contributed by atoms with E-state index in [0.717, 1.165) is 28.5 Å². The summed E-state index contributed by atoms with van der Waals surface area (Å²) >= 11 is 0. The van der Waals surface area contributed by atoms with Gasteiger partial charge in [0.2, 0.25) is 5.95 Å². The molecule has 2 aromatic carbocycles. The second kappa shape index (κ2) is 11.0. The normalized spacial score (nSPS) is 16.1. The first-order chi connectivity index (χ1) is 18.9. The monoisotopic (exact) mass is 575 g/mol. The maximum Gasteiger partial charge on any atom is 0.416 e. The highest BCUT2D eigenvalue weighted by Gasteiger charge is 2.41. The Kier molecular flexibility index (Phi) is 7.88. The number of hydrogen-bond acceptors (Lipinski definition) is 8. The molecule has 1 aromatic heterocycles. The molecule has 0 amide bonds. The van der Waals surface area contributed by atoms with Crippen LogP contribution in [-0.4, -0.2) is 41.1 Å². The number of anilines is 2. The number of ether oxygens (including phenoxy) is 1. The average molecular weight is 576 g/mol. The van der Waals surface area contributed by atoms with Crippen molar-refractivity contribution in [1.82, 2.24) is 14.3 Å². The van der Waals surface area contributed by atoms with Crippen molar-refractivity contribution in [1.29, 1.82) is 5.26 Å². The Labute approximate surface area is 228 Å². The van der Waals surface area contributed by atoms with Gasteiger partial charge in [0.05, 0.1) is 35.1 Å². The lowest BCUT2D eigenvalue weighted by atomic mass is 9.93. The van der Waals surface area contributed by atoms with Gasteiger partial charge in [-0.1, -0.05) is 18.2 Å². The van der Waals surface area contributed by atoms with Crippen LogP contribution in [0.15, 0.2) is 64.6 Å². The zero-order valence-corrected chi connectivity index (χ0v) is 22.4. The van der Waals surface area contributed by atoms with Gasteiger partial charge >= 0.3 is 17.8 Å². The van der Waals surface area contributed by atoms with Gasteiger partial charge in [-0.05, 0) is 56.2 Å². The smallest absolute Gasteiger partial charge is 0.416 e. The lowest BCUT2D eigenvalue weighted by Crippen LogP contribution is -2.38. The van der Waals surface area contributed by atoms with Crippen molar-refractivity contribution in [3.63, 3.8) is 0 Å². The molecule has 10 nitrogen and oxygen atoms in total. The van der Waals surface area contributed by atoms with Gasteiger partial charge in [-0.3, -0.25) is 4.90 Å². The minimum Gasteiger partial charge on any atom is -0.466 e. The molecule has 4 rings (SSSR count). The molecule has 2 unspecified atom stereocenters. The van der Waals surface area contributed by atoms with E-state index in [1.807, 2.05) is 6.07 Å². The van der Waals surface area contributed by atoms with Crippen LogP contribution in [0.3, 0.4) is 0 Å². The van der Waals surface area contributed by atoms with Crippen molar-refractivity contribution in [3.05, 3.63) is 87.0 Å². The molecule has 1 aliphatic heterocycles. The molecule has 210 valence electrons. The number of nitrogens with zero attached hydrogens (tertiary/aromatic N) is 5. The first-order valence-corrected chi connectivity index (χ1v) is 13.2. The Morgan fingerprint density at radius 1 is 1.20 bits per heavy atom. The molecule has 3 aromatic rings. The topological polar surface area (TPSA) is 127 Å². The third-order valence-corrected chi connectivity index (χ3v) is 7.60. The molecule has 0 radical (unpaired) electrons. The quantitative estimate of drug-likeness (QED) is 0.335. The van der Waals surface area contributed by atoms with E-state index in [0.29, 0.717) is 11.1 Å². The summed E-state index contributed by atoms with van der Waals surface area (Å²) in [5.41, 5.74) is -0.801. The van der Waals surface area contributed by atoms with Crippen LogP contribution in [0.5, 0.6) is 0 Å². The molecule has 0 N–H and O–H groups in total. The van der Waals surface area contributed by atoms with Crippen LogP contribution >= 0.6 is 0 Å². The van der Waals surface area contributed by atoms with Crippen LogP contribution in [-0.2, 0) is 33.0 Å². The molecule has 0 fully saturated rings. The number of carbonyl (C=O) groups is 1. The van der Waals surface area contributed by atoms with Gasteiger partial charge in [0.25, 0.3) is 0 Å². The highest BCUT2D eigenvalue weighted by molar-refractivity contribution is 7.73. The Morgan fingerprint density at radius 3 is 2.45 bits per heavy atom. The van der Waals surface area contributed by atoms with Crippen LogP contribution in [0.4, 0.5) is 24.8 Å². The highest BCUT2D eigenvalue weighted by atomic mass is 32.2. The summed E-state index contributed by atoms with van der Waals surface area (Å²) in [4.78, 5) is 28.2. The molecule has 2 heterocycles. The van der Waals surface area contributed by atoms with Crippen molar-refractivity contribution >= 4 is 28.3 Å². The number of rotatable bonds is 7. The lowest BCUT2D eigenvalue weighted by Gasteiger charge is -2.35. The molecule has 0 aliphatic carbocycles. The van der Waals surface area contributed by atoms with E-state index in [1.54, 1.807) is 12.1 Å². The van der Waals surface area contributed by atoms with Gasteiger partial charge in [0, 0.05) is 17.9 Å². The molecule has 0 bridgehead atoms. The maximum absolute atomic E-state index is 13.7. The van der Waals surface area contributed by atoms with Crippen molar-refractivity contribution in [2.75, 3.05) is 12.0 Å². The number of hydrogen-bond donors (Lipinski definition) is 1. The summed E-state index contributed by atoms with van der Waals surface area (Å²) in [6.07, 6.45) is -4.61. The number of alkyl halides is 3. The van der Waals surface area contributed by atoms with E-state index in [9.17, 15) is 36.4 Å². The number of allylic oxidation sites excluding steroid dienone is 1. The van der Waals surface area contributed by atoms with Crippen LogP contribution in [0.25, 0.3) is 0 Å².